The van der Waals surface area contributed by atoms with Crippen LogP contribution >= 0.6 is 0 Å². The lowest BCUT2D eigenvalue weighted by Crippen LogP contribution is -2.34. The third kappa shape index (κ3) is 8.95. The van der Waals surface area contributed by atoms with Crippen LogP contribution in [0.2, 0.25) is 0 Å². The molecular formula is C50H47N11O6. The van der Waals surface area contributed by atoms with Crippen LogP contribution in [0.5, 0.6) is 0 Å². The van der Waals surface area contributed by atoms with E-state index in [-0.39, 0.29) is 30.6 Å². The van der Waals surface area contributed by atoms with E-state index in [9.17, 15) is 19.2 Å². The molecule has 4 amide bonds. The monoisotopic (exact) mass is 897 g/mol. The summed E-state index contributed by atoms with van der Waals surface area (Å²) in [5.41, 5.74) is 15.0. The smallest absolute Gasteiger partial charge is 0.414 e. The van der Waals surface area contributed by atoms with Gasteiger partial charge >= 0.3 is 12.2 Å². The predicted octanol–water partition coefficient (Wildman–Crippen LogP) is 6.87. The van der Waals surface area contributed by atoms with Crippen LogP contribution in [-0.2, 0) is 40.0 Å². The number of carbonyl (C=O) groups is 4. The molecule has 0 saturated carbocycles. The normalized spacial score (nSPS) is 17.0. The van der Waals surface area contributed by atoms with Crippen LogP contribution in [0.4, 0.5) is 21.0 Å². The number of amides is 4. The average Bonchev–Trinajstić information content (AvgIpc) is 4.12. The topological polar surface area (TPSA) is 213 Å². The van der Waals surface area contributed by atoms with Crippen LogP contribution in [0.1, 0.15) is 52.4 Å². The van der Waals surface area contributed by atoms with Gasteiger partial charge in [0.2, 0.25) is 5.91 Å². The first-order valence-electron chi connectivity index (χ1n) is 22.4. The van der Waals surface area contributed by atoms with Crippen LogP contribution < -0.4 is 20.4 Å². The van der Waals surface area contributed by atoms with Gasteiger partial charge in [-0.1, -0.05) is 12.1 Å². The molecule has 17 nitrogen and oxygen atoms in total. The standard InChI is InChI=1S/C27H24N6O3.C23H23N5O3/c34-26(19-6-3-11-29-14-19)30-15-21-16-33(27(35)36-21)20-8-9-22-17(12-20)4-1-7-23-24(31-32-25(22)23)18-5-2-10-28-13-18;1-14(29)25-12-18-13-28(23(30)31-18)17-7-8-19-15(10-17)4-2-6-20-21(26-27-22(19)20)16-5-3-9-24-11-16/h2-3,5-6,8-14,21H,1,4,7,15-16H2,(H,30,34)(H,31,32);3,5,7-11,18H,2,4,6,12-13H2,1H3,(H,25,29)(H,26,27)/t21-;18-/m00/s1. The maximum absolute atomic E-state index is 12.7. The molecule has 5 aromatic heterocycles. The molecule has 2 saturated heterocycles. The highest BCUT2D eigenvalue weighted by Crippen LogP contribution is 2.40. The van der Waals surface area contributed by atoms with Gasteiger partial charge in [0.1, 0.15) is 12.2 Å². The van der Waals surface area contributed by atoms with Gasteiger partial charge in [-0.05, 0) is 110 Å². The molecule has 17 heteroatoms. The zero-order valence-corrected chi connectivity index (χ0v) is 36.7. The van der Waals surface area contributed by atoms with E-state index in [2.05, 4.69) is 64.2 Å². The molecule has 0 unspecified atom stereocenters. The lowest BCUT2D eigenvalue weighted by molar-refractivity contribution is -0.119. The lowest BCUT2D eigenvalue weighted by atomic mass is 9.99. The number of pyridine rings is 3. The summed E-state index contributed by atoms with van der Waals surface area (Å²) < 4.78 is 10.9. The molecule has 2 atom stereocenters. The van der Waals surface area contributed by atoms with Gasteiger partial charge in [0.15, 0.2) is 0 Å². The molecule has 2 aliphatic heterocycles. The molecule has 2 fully saturated rings. The van der Waals surface area contributed by atoms with E-state index in [1.807, 2.05) is 54.9 Å². The summed E-state index contributed by atoms with van der Waals surface area (Å²) >= 11 is 0. The van der Waals surface area contributed by atoms with Gasteiger partial charge < -0.3 is 20.1 Å². The van der Waals surface area contributed by atoms with E-state index in [4.69, 9.17) is 9.47 Å². The van der Waals surface area contributed by atoms with Gasteiger partial charge in [0.25, 0.3) is 5.91 Å². The number of H-pyrrole nitrogens is 2. The Labute approximate surface area is 385 Å². The Hall–Kier alpha value is -8.21. The van der Waals surface area contributed by atoms with Gasteiger partial charge in [-0.25, -0.2) is 9.59 Å². The number of hydrogen-bond acceptors (Lipinski definition) is 11. The van der Waals surface area contributed by atoms with E-state index in [1.54, 1.807) is 40.5 Å². The number of aryl methyl sites for hydroxylation is 2. The number of anilines is 2. The third-order valence-electron chi connectivity index (χ3n) is 12.4. The van der Waals surface area contributed by atoms with Gasteiger partial charge in [0.05, 0.1) is 54.5 Å². The summed E-state index contributed by atoms with van der Waals surface area (Å²) in [7, 11) is 0. The number of hydrogen-bond donors (Lipinski definition) is 4. The minimum absolute atomic E-state index is 0.138. The molecule has 2 aromatic carbocycles. The fourth-order valence-corrected chi connectivity index (χ4v) is 9.20. The molecule has 0 radical (unpaired) electrons. The molecule has 2 aliphatic carbocycles. The summed E-state index contributed by atoms with van der Waals surface area (Å²) in [5, 5.41) is 21.2. The van der Waals surface area contributed by atoms with Crippen molar-refractivity contribution in [1.29, 1.82) is 0 Å². The molecule has 0 bridgehead atoms. The number of fused-ring (bicyclic) bond motifs is 6. The highest BCUT2D eigenvalue weighted by atomic mass is 16.6. The zero-order chi connectivity index (χ0) is 45.9. The summed E-state index contributed by atoms with van der Waals surface area (Å²) in [6.07, 6.45) is 14.3. The Kier molecular flexibility index (Phi) is 11.9. The average molecular weight is 898 g/mol. The van der Waals surface area contributed by atoms with Gasteiger partial charge in [-0.3, -0.25) is 44.5 Å². The summed E-state index contributed by atoms with van der Waals surface area (Å²) in [6, 6.07) is 23.4. The lowest BCUT2D eigenvalue weighted by Gasteiger charge is -2.16. The van der Waals surface area contributed by atoms with Gasteiger partial charge in [0, 0.05) is 88.9 Å². The fraction of sp³-hybridized carbons (Fsp3) is 0.260. The molecule has 11 rings (SSSR count). The maximum atomic E-state index is 12.7. The van der Waals surface area contributed by atoms with Crippen molar-refractivity contribution in [3.05, 3.63) is 138 Å². The summed E-state index contributed by atoms with van der Waals surface area (Å²) in [4.78, 5) is 64.2. The molecule has 4 aliphatic rings. The maximum Gasteiger partial charge on any atom is 0.414 e. The largest absolute Gasteiger partial charge is 0.442 e. The Morgan fingerprint density at radius 1 is 0.642 bits per heavy atom. The molecule has 0 spiro atoms. The highest BCUT2D eigenvalue weighted by molar-refractivity contribution is 5.94. The number of carbonyl (C=O) groups excluding carboxylic acids is 4. The minimum atomic E-state index is -0.432. The van der Waals surface area contributed by atoms with Crippen molar-refractivity contribution in [3.8, 4) is 45.0 Å². The second kappa shape index (κ2) is 18.7. The Bertz CT molecular complexity index is 2960. The number of benzene rings is 2. The first-order valence-corrected chi connectivity index (χ1v) is 22.4. The molecule has 4 N–H and O–H groups in total. The number of aromatic amines is 2. The van der Waals surface area contributed by atoms with Gasteiger partial charge in [-0.15, -0.1) is 0 Å². The van der Waals surface area contributed by atoms with E-state index in [0.717, 1.165) is 100 Å². The highest BCUT2D eigenvalue weighted by Gasteiger charge is 2.35. The first-order chi connectivity index (χ1) is 32.8. The van der Waals surface area contributed by atoms with Crippen molar-refractivity contribution in [1.82, 2.24) is 46.0 Å². The second-order valence-corrected chi connectivity index (χ2v) is 16.8. The van der Waals surface area contributed by atoms with Crippen LogP contribution in [0.25, 0.3) is 45.0 Å². The third-order valence-corrected chi connectivity index (χ3v) is 12.4. The minimum Gasteiger partial charge on any atom is -0.442 e. The van der Waals surface area contributed by atoms with Crippen LogP contribution in [-0.4, -0.2) is 97.7 Å². The summed E-state index contributed by atoms with van der Waals surface area (Å²) in [6.45, 7) is 2.78. The number of rotatable bonds is 9. The quantitative estimate of drug-likeness (QED) is 0.117. The fourth-order valence-electron chi connectivity index (χ4n) is 9.20. The zero-order valence-electron chi connectivity index (χ0n) is 36.7. The van der Waals surface area contributed by atoms with Crippen molar-refractivity contribution in [2.75, 3.05) is 36.0 Å². The number of ether oxygens (including phenoxy) is 2. The first kappa shape index (κ1) is 42.7. The van der Waals surface area contributed by atoms with Crippen LogP contribution in [0.3, 0.4) is 0 Å². The Morgan fingerprint density at radius 2 is 1.13 bits per heavy atom. The second-order valence-electron chi connectivity index (χ2n) is 16.8. The number of aromatic nitrogens is 7. The van der Waals surface area contributed by atoms with Crippen molar-refractivity contribution < 1.29 is 28.7 Å². The molecule has 338 valence electrons. The Balaban J connectivity index is 0.000000159. The van der Waals surface area contributed by atoms with E-state index in [1.165, 1.54) is 29.8 Å². The van der Waals surface area contributed by atoms with E-state index in [0.29, 0.717) is 25.2 Å². The van der Waals surface area contributed by atoms with Crippen molar-refractivity contribution in [3.63, 3.8) is 0 Å². The number of nitrogens with zero attached hydrogens (tertiary/aromatic N) is 7. The molecule has 7 aromatic rings. The Morgan fingerprint density at radius 3 is 1.60 bits per heavy atom. The van der Waals surface area contributed by atoms with Gasteiger partial charge in [-0.2, -0.15) is 10.2 Å². The van der Waals surface area contributed by atoms with Crippen molar-refractivity contribution in [2.24, 2.45) is 0 Å². The molecular weight excluding hydrogens is 851 g/mol. The van der Waals surface area contributed by atoms with E-state index >= 15 is 0 Å². The molecule has 67 heavy (non-hydrogen) atoms. The summed E-state index contributed by atoms with van der Waals surface area (Å²) in [5.74, 6) is -0.385. The molecule has 7 heterocycles. The number of nitrogens with one attached hydrogen (secondary N) is 4. The predicted molar refractivity (Wildman–Crippen MR) is 249 cm³/mol. The van der Waals surface area contributed by atoms with Crippen molar-refractivity contribution >= 4 is 35.4 Å². The van der Waals surface area contributed by atoms with Crippen LogP contribution in [0.15, 0.2) is 110 Å². The van der Waals surface area contributed by atoms with Crippen LogP contribution in [0, 0.1) is 0 Å². The van der Waals surface area contributed by atoms with Crippen molar-refractivity contribution in [2.45, 2.75) is 57.7 Å². The van der Waals surface area contributed by atoms with E-state index < -0.39 is 12.2 Å². The number of cyclic esters (lactones) is 2. The SMILES string of the molecule is CC(=O)NC[C@H]1CN(c2ccc3c(c2)CCCc2c(-c4cccnc4)n[nH]c2-3)C(=O)O1.O=C(NC[C@H]1CN(c2ccc3c(c2)CCCc2c(-c4cccnc4)n[nH]c2-3)C(=O)O1)c1cccnc1.